The summed E-state index contributed by atoms with van der Waals surface area (Å²) in [5.74, 6) is 1.23. The molecule has 0 aliphatic carbocycles. The van der Waals surface area contributed by atoms with Crippen LogP contribution in [0.25, 0.3) is 0 Å². The van der Waals surface area contributed by atoms with Crippen molar-refractivity contribution >= 4 is 5.91 Å². The van der Waals surface area contributed by atoms with Gasteiger partial charge in [0.25, 0.3) is 0 Å². The van der Waals surface area contributed by atoms with Crippen molar-refractivity contribution in [3.8, 4) is 11.5 Å². The van der Waals surface area contributed by atoms with Crippen LogP contribution in [0, 0.1) is 0 Å². The number of carbonyl (C=O) groups is 1. The standard InChI is InChI=1S/C24H27N3O4/c1-29-20-9-8-18(21(13-20)30-2)12-23(28)25-14-22-24-19(10-11-31-22)16-27(26-24)15-17-6-4-3-5-7-17/h3-9,13,16,22H,10-12,14-15H2,1-2H3,(H,25,28)/t22-/m0/s1. The van der Waals surface area contributed by atoms with Crippen LogP contribution < -0.4 is 14.8 Å². The second-order valence-electron chi connectivity index (χ2n) is 7.49. The summed E-state index contributed by atoms with van der Waals surface area (Å²) in [5, 5.41) is 7.72. The number of rotatable bonds is 8. The van der Waals surface area contributed by atoms with Gasteiger partial charge in [-0.3, -0.25) is 9.48 Å². The number of benzene rings is 2. The van der Waals surface area contributed by atoms with Crippen molar-refractivity contribution in [1.29, 1.82) is 0 Å². The van der Waals surface area contributed by atoms with E-state index in [0.29, 0.717) is 31.2 Å². The SMILES string of the molecule is COc1ccc(CC(=O)NC[C@@H]2OCCc3cn(Cc4ccccc4)nc32)c(OC)c1. The quantitative estimate of drug-likeness (QED) is 0.605. The van der Waals surface area contributed by atoms with Crippen molar-refractivity contribution in [3.63, 3.8) is 0 Å². The van der Waals surface area contributed by atoms with Crippen LogP contribution in [0.15, 0.2) is 54.7 Å². The lowest BCUT2D eigenvalue weighted by Crippen LogP contribution is -2.32. The van der Waals surface area contributed by atoms with E-state index in [1.54, 1.807) is 20.3 Å². The lowest BCUT2D eigenvalue weighted by Gasteiger charge is -2.22. The molecule has 1 amide bonds. The summed E-state index contributed by atoms with van der Waals surface area (Å²) in [5.41, 5.74) is 4.09. The zero-order valence-electron chi connectivity index (χ0n) is 17.8. The molecule has 0 spiro atoms. The Labute approximate surface area is 181 Å². The minimum Gasteiger partial charge on any atom is -0.497 e. The summed E-state index contributed by atoms with van der Waals surface area (Å²) in [4.78, 5) is 12.6. The molecule has 31 heavy (non-hydrogen) atoms. The van der Waals surface area contributed by atoms with Crippen molar-refractivity contribution in [1.82, 2.24) is 15.1 Å². The van der Waals surface area contributed by atoms with E-state index in [-0.39, 0.29) is 18.4 Å². The molecule has 162 valence electrons. The number of hydrogen-bond donors (Lipinski definition) is 1. The third-order valence-corrected chi connectivity index (χ3v) is 5.38. The van der Waals surface area contributed by atoms with Gasteiger partial charge in [0.05, 0.1) is 39.5 Å². The van der Waals surface area contributed by atoms with Crippen molar-refractivity contribution in [2.75, 3.05) is 27.4 Å². The molecule has 1 aliphatic rings. The number of nitrogens with one attached hydrogen (secondary N) is 1. The topological polar surface area (TPSA) is 74.6 Å². The normalized spacial score (nSPS) is 15.2. The van der Waals surface area contributed by atoms with Gasteiger partial charge in [0, 0.05) is 24.4 Å². The maximum Gasteiger partial charge on any atom is 0.224 e. The highest BCUT2D eigenvalue weighted by atomic mass is 16.5. The number of aromatic nitrogens is 2. The second-order valence-corrected chi connectivity index (χ2v) is 7.49. The molecule has 3 aromatic rings. The van der Waals surface area contributed by atoms with Gasteiger partial charge in [0.2, 0.25) is 5.91 Å². The maximum atomic E-state index is 12.6. The summed E-state index contributed by atoms with van der Waals surface area (Å²) < 4.78 is 18.5. The first-order chi connectivity index (χ1) is 15.2. The molecule has 1 aromatic heterocycles. The molecule has 0 fully saturated rings. The maximum absolute atomic E-state index is 12.6. The fourth-order valence-electron chi connectivity index (χ4n) is 3.78. The van der Waals surface area contributed by atoms with E-state index in [4.69, 9.17) is 19.3 Å². The molecule has 0 unspecified atom stereocenters. The highest BCUT2D eigenvalue weighted by molar-refractivity contribution is 5.79. The highest BCUT2D eigenvalue weighted by Crippen LogP contribution is 2.27. The van der Waals surface area contributed by atoms with Gasteiger partial charge in [-0.05, 0) is 23.6 Å². The van der Waals surface area contributed by atoms with Crippen molar-refractivity contribution < 1.29 is 19.0 Å². The molecule has 0 radical (unpaired) electrons. The monoisotopic (exact) mass is 421 g/mol. The van der Waals surface area contributed by atoms with E-state index >= 15 is 0 Å². The lowest BCUT2D eigenvalue weighted by atomic mass is 10.1. The van der Waals surface area contributed by atoms with Crippen LogP contribution in [0.1, 0.15) is 28.5 Å². The molecule has 0 saturated heterocycles. The molecule has 7 heteroatoms. The van der Waals surface area contributed by atoms with Gasteiger partial charge in [0.1, 0.15) is 17.6 Å². The van der Waals surface area contributed by atoms with Gasteiger partial charge in [-0.25, -0.2) is 0 Å². The Morgan fingerprint density at radius 1 is 1.19 bits per heavy atom. The van der Waals surface area contributed by atoms with Crippen LogP contribution in [0.4, 0.5) is 0 Å². The molecule has 2 heterocycles. The van der Waals surface area contributed by atoms with Crippen LogP contribution in [0.5, 0.6) is 11.5 Å². The molecule has 1 aliphatic heterocycles. The summed E-state index contributed by atoms with van der Waals surface area (Å²) in [6.07, 6.45) is 2.89. The average Bonchev–Trinajstić information content (AvgIpc) is 3.21. The van der Waals surface area contributed by atoms with Gasteiger partial charge >= 0.3 is 0 Å². The average molecular weight is 421 g/mol. The van der Waals surface area contributed by atoms with Gasteiger partial charge in [-0.1, -0.05) is 36.4 Å². The van der Waals surface area contributed by atoms with Crippen LogP contribution >= 0.6 is 0 Å². The summed E-state index contributed by atoms with van der Waals surface area (Å²) >= 11 is 0. The fraction of sp³-hybridized carbons (Fsp3) is 0.333. The third kappa shape index (κ3) is 5.06. The summed E-state index contributed by atoms with van der Waals surface area (Å²) in [6, 6.07) is 15.7. The summed E-state index contributed by atoms with van der Waals surface area (Å²) in [6.45, 7) is 1.72. The second kappa shape index (κ2) is 9.66. The van der Waals surface area contributed by atoms with Gasteiger partial charge in [-0.15, -0.1) is 0 Å². The van der Waals surface area contributed by atoms with Crippen LogP contribution in [0.2, 0.25) is 0 Å². The van der Waals surface area contributed by atoms with Crippen LogP contribution in [-0.4, -0.2) is 43.1 Å². The van der Waals surface area contributed by atoms with Crippen molar-refractivity contribution in [3.05, 3.63) is 77.1 Å². The third-order valence-electron chi connectivity index (χ3n) is 5.38. The van der Waals surface area contributed by atoms with Crippen molar-refractivity contribution in [2.45, 2.75) is 25.5 Å². The molecule has 1 atom stereocenters. The van der Waals surface area contributed by atoms with E-state index in [2.05, 4.69) is 23.6 Å². The highest BCUT2D eigenvalue weighted by Gasteiger charge is 2.25. The Morgan fingerprint density at radius 2 is 2.03 bits per heavy atom. The zero-order valence-corrected chi connectivity index (χ0v) is 17.8. The molecule has 2 aromatic carbocycles. The predicted molar refractivity (Wildman–Crippen MR) is 116 cm³/mol. The van der Waals surface area contributed by atoms with Crippen molar-refractivity contribution in [2.24, 2.45) is 0 Å². The fourth-order valence-corrected chi connectivity index (χ4v) is 3.78. The minimum absolute atomic E-state index is 0.0945. The first kappa shape index (κ1) is 20.9. The molecule has 1 N–H and O–H groups in total. The molecule has 0 saturated carbocycles. The van der Waals surface area contributed by atoms with E-state index in [1.807, 2.05) is 35.0 Å². The number of carbonyl (C=O) groups excluding carboxylic acids is 1. The molecule has 4 rings (SSSR count). The molecule has 0 bridgehead atoms. The van der Waals surface area contributed by atoms with E-state index in [1.165, 1.54) is 11.1 Å². The largest absolute Gasteiger partial charge is 0.497 e. The molecular formula is C24H27N3O4. The predicted octanol–water partition coefficient (Wildman–Crippen LogP) is 2.92. The number of nitrogens with zero attached hydrogens (tertiary/aromatic N) is 2. The van der Waals surface area contributed by atoms with Gasteiger partial charge in [-0.2, -0.15) is 5.10 Å². The molecular weight excluding hydrogens is 394 g/mol. The van der Waals surface area contributed by atoms with E-state index in [9.17, 15) is 4.79 Å². The Hall–Kier alpha value is -3.32. The zero-order chi connectivity index (χ0) is 21.6. The first-order valence-corrected chi connectivity index (χ1v) is 10.4. The number of amides is 1. The van der Waals surface area contributed by atoms with E-state index in [0.717, 1.165) is 17.7 Å². The molecule has 7 nitrogen and oxygen atoms in total. The number of hydrogen-bond acceptors (Lipinski definition) is 5. The van der Waals surface area contributed by atoms with E-state index < -0.39 is 0 Å². The van der Waals surface area contributed by atoms with Gasteiger partial charge in [0.15, 0.2) is 0 Å². The lowest BCUT2D eigenvalue weighted by molar-refractivity contribution is -0.121. The summed E-state index contributed by atoms with van der Waals surface area (Å²) in [7, 11) is 3.18. The Morgan fingerprint density at radius 3 is 2.81 bits per heavy atom. The smallest absolute Gasteiger partial charge is 0.224 e. The first-order valence-electron chi connectivity index (χ1n) is 10.4. The Kier molecular flexibility index (Phi) is 6.52. The number of methoxy groups -OCH3 is 2. The van der Waals surface area contributed by atoms with Gasteiger partial charge < -0.3 is 19.5 Å². The van der Waals surface area contributed by atoms with Crippen LogP contribution in [0.3, 0.4) is 0 Å². The van der Waals surface area contributed by atoms with Crippen LogP contribution in [-0.2, 0) is 28.9 Å². The number of ether oxygens (including phenoxy) is 3. The Bertz CT molecular complexity index is 1030. The number of fused-ring (bicyclic) bond motifs is 1. The minimum atomic E-state index is -0.248. The Balaban J connectivity index is 1.38.